The molecule has 0 amide bonds. The number of hydrogen-bond donors (Lipinski definition) is 3. The van der Waals surface area contributed by atoms with Gasteiger partial charge in [-0.05, 0) is 54.2 Å². The third-order valence-electron chi connectivity index (χ3n) is 3.71. The van der Waals surface area contributed by atoms with Crippen LogP contribution in [-0.4, -0.2) is 18.4 Å². The standard InChI is InChI=1S/C21H20N4OS/c1-26-20-10-6-5-9-19(20)24-21(27)25-22-15-16-11-13-18(14-12-16)23-17-7-3-2-4-8-17/h2-15,23H,1H3,(H2,24,25,27)/b22-15-. The maximum absolute atomic E-state index is 5.28. The molecule has 0 saturated carbocycles. The summed E-state index contributed by atoms with van der Waals surface area (Å²) in [6, 6.07) is 25.5. The number of nitrogens with zero attached hydrogens (tertiary/aromatic N) is 1. The van der Waals surface area contributed by atoms with E-state index in [9.17, 15) is 0 Å². The Morgan fingerprint density at radius 3 is 2.30 bits per heavy atom. The minimum Gasteiger partial charge on any atom is -0.495 e. The molecule has 0 unspecified atom stereocenters. The zero-order valence-electron chi connectivity index (χ0n) is 14.8. The van der Waals surface area contributed by atoms with E-state index in [0.29, 0.717) is 10.9 Å². The van der Waals surface area contributed by atoms with E-state index in [4.69, 9.17) is 17.0 Å². The summed E-state index contributed by atoms with van der Waals surface area (Å²) in [5.41, 5.74) is 6.61. The molecule has 0 heterocycles. The van der Waals surface area contributed by atoms with Gasteiger partial charge in [0.1, 0.15) is 5.75 Å². The van der Waals surface area contributed by atoms with Crippen LogP contribution in [0.25, 0.3) is 0 Å². The molecule has 0 saturated heterocycles. The third kappa shape index (κ3) is 5.55. The van der Waals surface area contributed by atoms with E-state index in [1.165, 1.54) is 0 Å². The zero-order chi connectivity index (χ0) is 18.9. The largest absolute Gasteiger partial charge is 0.495 e. The number of rotatable bonds is 6. The van der Waals surface area contributed by atoms with Gasteiger partial charge in [0.2, 0.25) is 0 Å². The molecule has 3 aromatic rings. The number of para-hydroxylation sites is 3. The van der Waals surface area contributed by atoms with Gasteiger partial charge in [-0.2, -0.15) is 5.10 Å². The number of hydrogen-bond acceptors (Lipinski definition) is 4. The Bertz CT molecular complexity index is 911. The second-order valence-electron chi connectivity index (χ2n) is 5.64. The quantitative estimate of drug-likeness (QED) is 0.329. The first-order valence-corrected chi connectivity index (χ1v) is 8.80. The normalized spacial score (nSPS) is 10.4. The van der Waals surface area contributed by atoms with Crippen molar-refractivity contribution in [2.24, 2.45) is 5.10 Å². The van der Waals surface area contributed by atoms with E-state index in [2.05, 4.69) is 21.2 Å². The van der Waals surface area contributed by atoms with Crippen molar-refractivity contribution in [2.75, 3.05) is 17.7 Å². The fourth-order valence-corrected chi connectivity index (χ4v) is 2.57. The van der Waals surface area contributed by atoms with Crippen LogP contribution in [0.1, 0.15) is 5.56 Å². The SMILES string of the molecule is COc1ccccc1NC(=S)N/N=C\c1ccc(Nc2ccccc2)cc1. The highest BCUT2D eigenvalue weighted by Gasteiger charge is 2.02. The van der Waals surface area contributed by atoms with E-state index in [-0.39, 0.29) is 0 Å². The molecular weight excluding hydrogens is 356 g/mol. The van der Waals surface area contributed by atoms with E-state index < -0.39 is 0 Å². The molecule has 0 aromatic heterocycles. The van der Waals surface area contributed by atoms with Crippen molar-refractivity contribution in [3.05, 3.63) is 84.4 Å². The first-order valence-electron chi connectivity index (χ1n) is 8.40. The van der Waals surface area contributed by atoms with Gasteiger partial charge in [-0.1, -0.05) is 42.5 Å². The van der Waals surface area contributed by atoms with E-state index in [0.717, 1.165) is 22.6 Å². The van der Waals surface area contributed by atoms with Crippen LogP contribution in [0.15, 0.2) is 84.0 Å². The van der Waals surface area contributed by atoms with E-state index in [1.54, 1.807) is 13.3 Å². The molecule has 0 aliphatic heterocycles. The molecule has 0 spiro atoms. The number of methoxy groups -OCH3 is 1. The van der Waals surface area contributed by atoms with E-state index in [1.807, 2.05) is 78.9 Å². The first kappa shape index (κ1) is 18.4. The van der Waals surface area contributed by atoms with Gasteiger partial charge >= 0.3 is 0 Å². The Morgan fingerprint density at radius 2 is 1.56 bits per heavy atom. The summed E-state index contributed by atoms with van der Waals surface area (Å²) in [6.45, 7) is 0. The van der Waals surface area contributed by atoms with Gasteiger partial charge in [0.25, 0.3) is 0 Å². The topological polar surface area (TPSA) is 57.7 Å². The number of benzene rings is 3. The van der Waals surface area contributed by atoms with Crippen molar-refractivity contribution in [3.63, 3.8) is 0 Å². The fraction of sp³-hybridized carbons (Fsp3) is 0.0476. The number of thiocarbonyl (C=S) groups is 1. The van der Waals surface area contributed by atoms with Crippen LogP contribution in [0.3, 0.4) is 0 Å². The van der Waals surface area contributed by atoms with Gasteiger partial charge in [0.15, 0.2) is 5.11 Å². The Kier molecular flexibility index (Phi) is 6.38. The summed E-state index contributed by atoms with van der Waals surface area (Å²) in [4.78, 5) is 0. The van der Waals surface area contributed by atoms with Crippen LogP contribution in [0.2, 0.25) is 0 Å². The molecule has 136 valence electrons. The van der Waals surface area contributed by atoms with Crippen molar-refractivity contribution in [1.82, 2.24) is 5.43 Å². The molecule has 3 rings (SSSR count). The number of ether oxygens (including phenoxy) is 1. The Morgan fingerprint density at radius 1 is 0.889 bits per heavy atom. The lowest BCUT2D eigenvalue weighted by Gasteiger charge is -2.10. The molecule has 27 heavy (non-hydrogen) atoms. The highest BCUT2D eigenvalue weighted by molar-refractivity contribution is 7.80. The molecule has 0 aliphatic carbocycles. The van der Waals surface area contributed by atoms with Crippen molar-refractivity contribution in [1.29, 1.82) is 0 Å². The van der Waals surface area contributed by atoms with Crippen molar-refractivity contribution < 1.29 is 4.74 Å². The molecule has 0 radical (unpaired) electrons. The molecule has 0 aliphatic rings. The Hall–Kier alpha value is -3.38. The summed E-state index contributed by atoms with van der Waals surface area (Å²) in [5.74, 6) is 0.715. The molecule has 0 atom stereocenters. The lowest BCUT2D eigenvalue weighted by Crippen LogP contribution is -2.24. The van der Waals surface area contributed by atoms with Gasteiger partial charge < -0.3 is 15.4 Å². The van der Waals surface area contributed by atoms with Gasteiger partial charge in [-0.3, -0.25) is 5.43 Å². The van der Waals surface area contributed by atoms with Gasteiger partial charge in [0, 0.05) is 11.4 Å². The fourth-order valence-electron chi connectivity index (χ4n) is 2.40. The van der Waals surface area contributed by atoms with Crippen molar-refractivity contribution in [2.45, 2.75) is 0 Å². The van der Waals surface area contributed by atoms with Gasteiger partial charge in [-0.25, -0.2) is 0 Å². The lowest BCUT2D eigenvalue weighted by molar-refractivity contribution is 0.417. The highest BCUT2D eigenvalue weighted by atomic mass is 32.1. The summed E-state index contributed by atoms with van der Waals surface area (Å²) < 4.78 is 5.28. The van der Waals surface area contributed by atoms with Crippen LogP contribution in [0.5, 0.6) is 5.75 Å². The maximum Gasteiger partial charge on any atom is 0.191 e. The molecular formula is C21H20N4OS. The van der Waals surface area contributed by atoms with Gasteiger partial charge in [-0.15, -0.1) is 0 Å². The minimum absolute atomic E-state index is 0.387. The molecule has 3 N–H and O–H groups in total. The molecule has 0 bridgehead atoms. The third-order valence-corrected chi connectivity index (χ3v) is 3.90. The van der Waals surface area contributed by atoms with E-state index >= 15 is 0 Å². The second kappa shape index (κ2) is 9.35. The second-order valence-corrected chi connectivity index (χ2v) is 6.05. The average molecular weight is 376 g/mol. The monoisotopic (exact) mass is 376 g/mol. The number of nitrogens with one attached hydrogen (secondary N) is 3. The van der Waals surface area contributed by atoms with Crippen molar-refractivity contribution in [3.8, 4) is 5.75 Å². The molecule has 3 aromatic carbocycles. The zero-order valence-corrected chi connectivity index (χ0v) is 15.7. The Balaban J connectivity index is 1.52. The van der Waals surface area contributed by atoms with Crippen LogP contribution < -0.4 is 20.8 Å². The first-order chi connectivity index (χ1) is 13.2. The minimum atomic E-state index is 0.387. The van der Waals surface area contributed by atoms with Crippen molar-refractivity contribution >= 4 is 40.6 Å². The lowest BCUT2D eigenvalue weighted by atomic mass is 10.2. The average Bonchev–Trinajstić information content (AvgIpc) is 2.70. The smallest absolute Gasteiger partial charge is 0.191 e. The van der Waals surface area contributed by atoms with Crippen LogP contribution in [-0.2, 0) is 0 Å². The predicted octanol–water partition coefficient (Wildman–Crippen LogP) is 4.76. The molecule has 6 heteroatoms. The van der Waals surface area contributed by atoms with Crippen LogP contribution >= 0.6 is 12.2 Å². The summed E-state index contributed by atoms with van der Waals surface area (Å²) in [5, 5.41) is 11.0. The summed E-state index contributed by atoms with van der Waals surface area (Å²) >= 11 is 5.25. The van der Waals surface area contributed by atoms with Crippen LogP contribution in [0, 0.1) is 0 Å². The summed E-state index contributed by atoms with van der Waals surface area (Å²) in [6.07, 6.45) is 1.71. The number of anilines is 3. The molecule has 5 nitrogen and oxygen atoms in total. The Labute approximate surface area is 164 Å². The summed E-state index contributed by atoms with van der Waals surface area (Å²) in [7, 11) is 1.62. The number of hydrazone groups is 1. The van der Waals surface area contributed by atoms with Gasteiger partial charge in [0.05, 0.1) is 19.0 Å². The van der Waals surface area contributed by atoms with Crippen LogP contribution in [0.4, 0.5) is 17.1 Å². The maximum atomic E-state index is 5.28. The predicted molar refractivity (Wildman–Crippen MR) is 116 cm³/mol. The highest BCUT2D eigenvalue weighted by Crippen LogP contribution is 2.22. The molecule has 0 fully saturated rings.